The van der Waals surface area contributed by atoms with Gasteiger partial charge in [0.05, 0.1) is 10.6 Å². The Bertz CT molecular complexity index is 1230. The van der Waals surface area contributed by atoms with Crippen LogP contribution in [0.25, 0.3) is 22.1 Å². The van der Waals surface area contributed by atoms with Gasteiger partial charge in [-0.3, -0.25) is 14.8 Å². The van der Waals surface area contributed by atoms with Gasteiger partial charge in [-0.15, -0.1) is 0 Å². The minimum atomic E-state index is -1.56. The summed E-state index contributed by atoms with van der Waals surface area (Å²) in [5, 5.41) is 10.5. The van der Waals surface area contributed by atoms with E-state index in [-0.39, 0.29) is 5.13 Å². The molecule has 1 aromatic carbocycles. The third-order valence-corrected chi connectivity index (χ3v) is 4.82. The van der Waals surface area contributed by atoms with Gasteiger partial charge in [-0.1, -0.05) is 44.2 Å². The van der Waals surface area contributed by atoms with E-state index in [9.17, 15) is 18.0 Å². The van der Waals surface area contributed by atoms with Gasteiger partial charge in [-0.05, 0) is 18.2 Å². The van der Waals surface area contributed by atoms with E-state index >= 15 is 0 Å². The lowest BCUT2D eigenvalue weighted by Crippen LogP contribution is -2.16. The average molecular weight is 481 g/mol. The molecule has 4 rings (SSSR count). The molecule has 0 aliphatic rings. The van der Waals surface area contributed by atoms with Gasteiger partial charge in [-0.25, -0.2) is 18.2 Å². The van der Waals surface area contributed by atoms with Gasteiger partial charge in [0.2, 0.25) is 11.7 Å². The van der Waals surface area contributed by atoms with Crippen LogP contribution in [0.1, 0.15) is 43.9 Å². The molecule has 3 heterocycles. The summed E-state index contributed by atoms with van der Waals surface area (Å²) in [6.45, 7) is 9.66. The van der Waals surface area contributed by atoms with E-state index in [1.807, 2.05) is 27.7 Å². The van der Waals surface area contributed by atoms with Crippen molar-refractivity contribution in [2.75, 3.05) is 5.32 Å². The number of aryl methyl sites for hydroxylation is 2. The number of thiazole rings is 1. The zero-order valence-electron chi connectivity index (χ0n) is 18.9. The molecule has 1 N–H and O–H groups in total. The van der Waals surface area contributed by atoms with Crippen LogP contribution in [-0.2, 0) is 7.05 Å². The van der Waals surface area contributed by atoms with Crippen molar-refractivity contribution < 1.29 is 22.5 Å². The molecule has 0 radical (unpaired) electrons. The number of aromatic nitrogens is 5. The quantitative estimate of drug-likeness (QED) is 0.381. The molecule has 4 aromatic rings. The lowest BCUT2D eigenvalue weighted by atomic mass is 10.2. The predicted molar refractivity (Wildman–Crippen MR) is 119 cm³/mol. The highest BCUT2D eigenvalue weighted by atomic mass is 32.1. The number of nitrogens with one attached hydrogen (secondary N) is 1. The van der Waals surface area contributed by atoms with E-state index in [2.05, 4.69) is 25.5 Å². The van der Waals surface area contributed by atoms with Crippen molar-refractivity contribution in [2.45, 2.75) is 34.6 Å². The van der Waals surface area contributed by atoms with E-state index < -0.39 is 28.9 Å². The molecule has 33 heavy (non-hydrogen) atoms. The first-order chi connectivity index (χ1) is 15.8. The van der Waals surface area contributed by atoms with Crippen molar-refractivity contribution in [3.8, 4) is 22.1 Å². The first-order valence-corrected chi connectivity index (χ1v) is 10.9. The van der Waals surface area contributed by atoms with Gasteiger partial charge in [-0.2, -0.15) is 10.1 Å². The highest BCUT2D eigenvalue weighted by Crippen LogP contribution is 2.31. The molecule has 0 unspecified atom stereocenters. The van der Waals surface area contributed by atoms with Crippen LogP contribution in [0.2, 0.25) is 0 Å². The summed E-state index contributed by atoms with van der Waals surface area (Å²) in [5.41, 5.74) is 0.0999. The van der Waals surface area contributed by atoms with Crippen LogP contribution in [0, 0.1) is 24.4 Å². The van der Waals surface area contributed by atoms with Gasteiger partial charge in [0.1, 0.15) is 17.1 Å². The maximum Gasteiger partial charge on any atom is 0.263 e. The second kappa shape index (κ2) is 11.4. The number of halogens is 3. The van der Waals surface area contributed by atoms with Crippen molar-refractivity contribution in [1.82, 2.24) is 24.9 Å². The lowest BCUT2D eigenvalue weighted by Gasteiger charge is -2.05. The highest BCUT2D eigenvalue weighted by Gasteiger charge is 2.22. The fraction of sp³-hybridized carbons (Fsp3) is 0.286. The van der Waals surface area contributed by atoms with Gasteiger partial charge >= 0.3 is 0 Å². The third-order valence-electron chi connectivity index (χ3n) is 3.89. The van der Waals surface area contributed by atoms with Crippen LogP contribution in [0.5, 0.6) is 0 Å². The van der Waals surface area contributed by atoms with Gasteiger partial charge in [0, 0.05) is 20.2 Å². The number of carbonyl (C=O) groups is 1. The Kier molecular flexibility index (Phi) is 8.85. The normalized spacial score (nSPS) is 10.1. The minimum Gasteiger partial charge on any atom is -0.339 e. The fourth-order valence-electron chi connectivity index (χ4n) is 2.56. The Morgan fingerprint density at radius 1 is 1.12 bits per heavy atom. The number of hydrogen-bond acceptors (Lipinski definition) is 7. The first kappa shape index (κ1) is 25.7. The highest BCUT2D eigenvalue weighted by molar-refractivity contribution is 7.19. The Morgan fingerprint density at radius 3 is 2.42 bits per heavy atom. The molecule has 0 aliphatic heterocycles. The molecule has 0 aliphatic carbocycles. The number of nitrogens with zero attached hydrogens (tertiary/aromatic N) is 5. The van der Waals surface area contributed by atoms with E-state index in [1.165, 1.54) is 6.20 Å². The van der Waals surface area contributed by atoms with Gasteiger partial charge in [0.15, 0.2) is 16.8 Å². The summed E-state index contributed by atoms with van der Waals surface area (Å²) < 4.78 is 47.3. The third kappa shape index (κ3) is 5.64. The number of anilines is 1. The molecule has 1 amide bonds. The number of carbonyl (C=O) groups excluding carboxylic acids is 1. The standard InChI is InChI=1S/C17H11F3N6O2S.2C2H6/c1-7-22-15(25-28-7)10-5-11(26(2)24-10)12-6-21-17(29-12)23-16(27)13-8(18)3-4-9(19)14(13)20;2*1-2/h3-6H,1-2H3,(H,21,23,27);2*1-2H3. The van der Waals surface area contributed by atoms with Crippen molar-refractivity contribution in [1.29, 1.82) is 0 Å². The predicted octanol–water partition coefficient (Wildman–Crippen LogP) is 5.62. The summed E-state index contributed by atoms with van der Waals surface area (Å²) in [6, 6.07) is 2.99. The monoisotopic (exact) mass is 480 g/mol. The Morgan fingerprint density at radius 2 is 1.79 bits per heavy atom. The molecule has 0 saturated heterocycles. The molecule has 0 saturated carbocycles. The second-order valence-electron chi connectivity index (χ2n) is 5.88. The molecular formula is C21H23F3N6O2S. The Balaban J connectivity index is 0.000000914. The van der Waals surface area contributed by atoms with E-state index in [4.69, 9.17) is 4.52 Å². The van der Waals surface area contributed by atoms with E-state index in [0.29, 0.717) is 40.1 Å². The average Bonchev–Trinajstić information content (AvgIpc) is 3.54. The zero-order chi connectivity index (χ0) is 24.7. The molecule has 8 nitrogen and oxygen atoms in total. The number of hydrogen-bond donors (Lipinski definition) is 1. The van der Waals surface area contributed by atoms with Crippen LogP contribution in [0.15, 0.2) is 28.9 Å². The second-order valence-corrected chi connectivity index (χ2v) is 6.91. The fourth-order valence-corrected chi connectivity index (χ4v) is 3.41. The van der Waals surface area contributed by atoms with Gasteiger partial charge < -0.3 is 4.52 Å². The summed E-state index contributed by atoms with van der Waals surface area (Å²) in [6.07, 6.45) is 1.46. The summed E-state index contributed by atoms with van der Waals surface area (Å²) in [7, 11) is 1.70. The molecule has 12 heteroatoms. The molecule has 0 fully saturated rings. The molecular weight excluding hydrogens is 457 g/mol. The summed E-state index contributed by atoms with van der Waals surface area (Å²) in [5.74, 6) is -4.49. The molecule has 0 bridgehead atoms. The summed E-state index contributed by atoms with van der Waals surface area (Å²) >= 11 is 1.05. The SMILES string of the molecule is CC.CC.Cc1nc(-c2cc(-c3cnc(NC(=O)c4c(F)ccc(F)c4F)s3)n(C)n2)no1. The Hall–Kier alpha value is -3.54. The molecule has 3 aromatic heterocycles. The van der Waals surface area contributed by atoms with Crippen molar-refractivity contribution >= 4 is 22.4 Å². The molecule has 0 spiro atoms. The summed E-state index contributed by atoms with van der Waals surface area (Å²) in [4.78, 5) is 20.9. The number of rotatable bonds is 4. The van der Waals surface area contributed by atoms with Crippen LogP contribution < -0.4 is 5.32 Å². The maximum atomic E-state index is 13.8. The van der Waals surface area contributed by atoms with Crippen molar-refractivity contribution in [3.63, 3.8) is 0 Å². The van der Waals surface area contributed by atoms with Crippen molar-refractivity contribution in [3.05, 3.63) is 53.3 Å². The van der Waals surface area contributed by atoms with Gasteiger partial charge in [0.25, 0.3) is 5.91 Å². The van der Waals surface area contributed by atoms with Crippen LogP contribution in [-0.4, -0.2) is 30.8 Å². The minimum absolute atomic E-state index is 0.0752. The van der Waals surface area contributed by atoms with Crippen LogP contribution >= 0.6 is 11.3 Å². The smallest absolute Gasteiger partial charge is 0.263 e. The molecule has 0 atom stereocenters. The topological polar surface area (TPSA) is 98.7 Å². The van der Waals surface area contributed by atoms with Crippen LogP contribution in [0.3, 0.4) is 0 Å². The number of benzene rings is 1. The number of amides is 1. The van der Waals surface area contributed by atoms with Crippen LogP contribution in [0.4, 0.5) is 18.3 Å². The first-order valence-electron chi connectivity index (χ1n) is 10.1. The van der Waals surface area contributed by atoms with Crippen molar-refractivity contribution in [2.24, 2.45) is 7.05 Å². The lowest BCUT2D eigenvalue weighted by molar-refractivity contribution is 0.101. The largest absolute Gasteiger partial charge is 0.339 e. The maximum absolute atomic E-state index is 13.8. The van der Waals surface area contributed by atoms with E-state index in [0.717, 1.165) is 11.3 Å². The molecule has 176 valence electrons. The van der Waals surface area contributed by atoms with E-state index in [1.54, 1.807) is 24.7 Å². The zero-order valence-corrected chi connectivity index (χ0v) is 19.7. The Labute approximate surface area is 192 Å².